The van der Waals surface area contributed by atoms with Crippen LogP contribution in [-0.2, 0) is 24.0 Å². The number of ether oxygens (including phenoxy) is 1. The minimum Gasteiger partial charge on any atom is -0.460 e. The Morgan fingerprint density at radius 2 is 2.06 bits per heavy atom. The van der Waals surface area contributed by atoms with E-state index < -0.39 is 28.9 Å². The van der Waals surface area contributed by atoms with Gasteiger partial charge in [-0.15, -0.1) is 0 Å². The van der Waals surface area contributed by atoms with E-state index in [0.29, 0.717) is 19.5 Å². The van der Waals surface area contributed by atoms with Gasteiger partial charge in [-0.2, -0.15) is 5.06 Å². The Balaban J connectivity index is 1.56. The van der Waals surface area contributed by atoms with Crippen LogP contribution < -0.4 is 0 Å². The summed E-state index contributed by atoms with van der Waals surface area (Å²) in [5, 5.41) is 13.5. The van der Waals surface area contributed by atoms with E-state index in [1.54, 1.807) is 19.1 Å². The maximum Gasteiger partial charge on any atom is 0.377 e. The Kier molecular flexibility index (Phi) is 5.69. The van der Waals surface area contributed by atoms with Gasteiger partial charge < -0.3 is 9.84 Å². The first-order chi connectivity index (χ1) is 16.1. The van der Waals surface area contributed by atoms with Gasteiger partial charge in [-0.1, -0.05) is 32.4 Å². The topological polar surface area (TPSA) is 93.1 Å². The summed E-state index contributed by atoms with van der Waals surface area (Å²) in [6.45, 7) is 9.38. The highest BCUT2D eigenvalue weighted by Gasteiger charge is 2.76. The molecule has 4 fully saturated rings. The third kappa shape index (κ3) is 3.02. The van der Waals surface area contributed by atoms with E-state index in [0.717, 1.165) is 31.3 Å². The largest absolute Gasteiger partial charge is 0.460 e. The van der Waals surface area contributed by atoms with Crippen molar-refractivity contribution in [1.29, 1.82) is 0 Å². The lowest BCUT2D eigenvalue weighted by Gasteiger charge is -2.59. The molecule has 7 nitrogen and oxygen atoms in total. The molecule has 8 atom stereocenters. The van der Waals surface area contributed by atoms with Crippen molar-refractivity contribution in [3.05, 3.63) is 23.8 Å². The average Bonchev–Trinajstić information content (AvgIpc) is 3.26. The predicted molar refractivity (Wildman–Crippen MR) is 124 cm³/mol. The van der Waals surface area contributed by atoms with Crippen LogP contribution in [0.15, 0.2) is 23.8 Å². The van der Waals surface area contributed by atoms with Crippen LogP contribution in [0, 0.1) is 34.5 Å². The van der Waals surface area contributed by atoms with Gasteiger partial charge in [0.1, 0.15) is 0 Å². The molecule has 0 aromatic rings. The van der Waals surface area contributed by atoms with E-state index in [-0.39, 0.29) is 41.5 Å². The lowest BCUT2D eigenvalue weighted by Crippen LogP contribution is -2.63. The molecule has 7 heteroatoms. The molecule has 1 aliphatic heterocycles. The number of ketones is 2. The van der Waals surface area contributed by atoms with Crippen LogP contribution in [0.1, 0.15) is 59.8 Å². The van der Waals surface area contributed by atoms with Crippen molar-refractivity contribution in [2.24, 2.45) is 34.5 Å². The fourth-order valence-corrected chi connectivity index (χ4v) is 8.56. The summed E-state index contributed by atoms with van der Waals surface area (Å²) in [6, 6.07) is 0. The number of hydroxylamine groups is 2. The van der Waals surface area contributed by atoms with Crippen LogP contribution in [0.5, 0.6) is 0 Å². The Bertz CT molecular complexity index is 972. The fraction of sp³-hybridized carbons (Fsp3) is 0.741. The number of hydrogen-bond donors (Lipinski definition) is 1. The number of Topliss-reactive ketones (excluding diaryl/α,β-unsaturated/α-hetero) is 1. The van der Waals surface area contributed by atoms with Gasteiger partial charge in [0.25, 0.3) is 5.78 Å². The Labute approximate surface area is 201 Å². The zero-order valence-electron chi connectivity index (χ0n) is 20.7. The van der Waals surface area contributed by atoms with Crippen molar-refractivity contribution in [2.45, 2.75) is 71.5 Å². The van der Waals surface area contributed by atoms with Crippen molar-refractivity contribution in [2.75, 3.05) is 19.7 Å². The van der Waals surface area contributed by atoms with Crippen LogP contribution in [0.2, 0.25) is 0 Å². The van der Waals surface area contributed by atoms with Crippen molar-refractivity contribution in [3.8, 4) is 0 Å². The third-order valence-electron chi connectivity index (χ3n) is 9.82. The first-order valence-corrected chi connectivity index (χ1v) is 12.9. The van der Waals surface area contributed by atoms with E-state index >= 15 is 0 Å². The number of rotatable bonds is 5. The first-order valence-electron chi connectivity index (χ1n) is 12.9. The first kappa shape index (κ1) is 23.9. The maximum absolute atomic E-state index is 13.8. The van der Waals surface area contributed by atoms with Crippen molar-refractivity contribution in [1.82, 2.24) is 5.06 Å². The van der Waals surface area contributed by atoms with E-state index in [2.05, 4.69) is 20.8 Å². The summed E-state index contributed by atoms with van der Waals surface area (Å²) in [5.74, 6) is -1.26. The summed E-state index contributed by atoms with van der Waals surface area (Å²) in [6.07, 6.45) is 8.40. The number of esters is 1. The van der Waals surface area contributed by atoms with Gasteiger partial charge in [-0.3, -0.25) is 14.4 Å². The van der Waals surface area contributed by atoms with Gasteiger partial charge in [0, 0.05) is 35.8 Å². The second-order valence-electron chi connectivity index (χ2n) is 11.4. The van der Waals surface area contributed by atoms with Crippen molar-refractivity contribution < 1.29 is 29.1 Å². The average molecular weight is 472 g/mol. The molecular formula is C27H37NO6. The molecule has 1 heterocycles. The molecule has 5 aliphatic rings. The molecule has 1 N–H and O–H groups in total. The van der Waals surface area contributed by atoms with Crippen molar-refractivity contribution >= 4 is 17.5 Å². The molecule has 4 aliphatic carbocycles. The number of nitrogens with zero attached hydrogens (tertiary/aromatic N) is 1. The molecular weight excluding hydrogens is 434 g/mol. The quantitative estimate of drug-likeness (QED) is 0.487. The lowest BCUT2D eigenvalue weighted by molar-refractivity contribution is -0.250. The molecule has 34 heavy (non-hydrogen) atoms. The smallest absolute Gasteiger partial charge is 0.377 e. The minimum atomic E-state index is -1.31. The van der Waals surface area contributed by atoms with Crippen LogP contribution >= 0.6 is 0 Å². The van der Waals surface area contributed by atoms with Crippen molar-refractivity contribution in [3.63, 3.8) is 0 Å². The van der Waals surface area contributed by atoms with E-state index in [4.69, 9.17) is 9.57 Å². The van der Waals surface area contributed by atoms with E-state index in [1.165, 1.54) is 0 Å². The molecule has 0 bridgehead atoms. The van der Waals surface area contributed by atoms with Crippen LogP contribution in [0.3, 0.4) is 0 Å². The molecule has 3 saturated carbocycles. The molecule has 1 saturated heterocycles. The van der Waals surface area contributed by atoms with Crippen LogP contribution in [-0.4, -0.2) is 59.1 Å². The monoisotopic (exact) mass is 471 g/mol. The van der Waals surface area contributed by atoms with Gasteiger partial charge in [-0.05, 0) is 63.0 Å². The number of allylic oxidation sites excluding steroid dienone is 4. The Hall–Kier alpha value is -1.83. The number of aliphatic hydroxyl groups is 1. The van der Waals surface area contributed by atoms with Gasteiger partial charge in [0.2, 0.25) is 0 Å². The molecule has 0 radical (unpaired) electrons. The molecule has 5 rings (SSSR count). The normalized spacial score (nSPS) is 45.1. The van der Waals surface area contributed by atoms with Crippen LogP contribution in [0.4, 0.5) is 0 Å². The highest BCUT2D eigenvalue weighted by Crippen LogP contribution is 2.70. The molecule has 0 amide bonds. The number of carbonyl (C=O) groups is 3. The summed E-state index contributed by atoms with van der Waals surface area (Å²) >= 11 is 0. The summed E-state index contributed by atoms with van der Waals surface area (Å²) in [4.78, 5) is 45.1. The zero-order chi connectivity index (χ0) is 24.5. The summed E-state index contributed by atoms with van der Waals surface area (Å²) in [7, 11) is 0. The number of aliphatic hydroxyl groups excluding tert-OH is 1. The standard InChI is InChI=1S/C27H37NO6/c1-5-11-28-15-17-13-20-19-8-7-16-12-18(29)9-10-25(16,3)22(19)21(30)14-26(20,4)27(17,34-28)23(31)24(32)33-6-2/h9-10,12,17,19-22,30H,5-8,11,13-15H2,1-4H3/t17-,19?,20?,21-,22?,25-,26-,27-/m0/s1. The minimum absolute atomic E-state index is 0.0138. The molecule has 0 spiro atoms. The van der Waals surface area contributed by atoms with Gasteiger partial charge >= 0.3 is 5.97 Å². The Morgan fingerprint density at radius 1 is 1.29 bits per heavy atom. The van der Waals surface area contributed by atoms with Crippen LogP contribution in [0.25, 0.3) is 0 Å². The second kappa shape index (κ2) is 8.10. The highest BCUT2D eigenvalue weighted by atomic mass is 16.7. The SMILES string of the molecule is CCCN1C[C@@H]2CC3C4CCC5=CC(=O)C=C[C@]5(C)C4[C@@H](O)C[C@]3(C)[C@]2(C(=O)C(=O)OCC)O1. The molecule has 0 aromatic carbocycles. The zero-order valence-corrected chi connectivity index (χ0v) is 20.7. The number of carbonyl (C=O) groups excluding carboxylic acids is 3. The molecule has 3 unspecified atom stereocenters. The van der Waals surface area contributed by atoms with Gasteiger partial charge in [0.05, 0.1) is 12.7 Å². The van der Waals surface area contributed by atoms with E-state index in [1.807, 2.05) is 11.1 Å². The summed E-state index contributed by atoms with van der Waals surface area (Å²) in [5.41, 5.74) is -1.26. The van der Waals surface area contributed by atoms with E-state index in [9.17, 15) is 19.5 Å². The molecule has 186 valence electrons. The number of hydrogen-bond acceptors (Lipinski definition) is 7. The highest BCUT2D eigenvalue weighted by molar-refractivity contribution is 6.37. The maximum atomic E-state index is 13.8. The van der Waals surface area contributed by atoms with Gasteiger partial charge in [-0.25, -0.2) is 4.79 Å². The lowest BCUT2D eigenvalue weighted by atomic mass is 9.46. The van der Waals surface area contributed by atoms with Gasteiger partial charge in [0.15, 0.2) is 11.4 Å². The molecule has 0 aromatic heterocycles. The Morgan fingerprint density at radius 3 is 2.76 bits per heavy atom. The number of fused-ring (bicyclic) bond motifs is 7. The summed E-state index contributed by atoms with van der Waals surface area (Å²) < 4.78 is 5.17. The fourth-order valence-electron chi connectivity index (χ4n) is 8.56. The third-order valence-corrected chi connectivity index (χ3v) is 9.82. The predicted octanol–water partition coefficient (Wildman–Crippen LogP) is 3.02. The second-order valence-corrected chi connectivity index (χ2v) is 11.4.